The highest BCUT2D eigenvalue weighted by atomic mass is 32.1. The monoisotopic (exact) mass is 216 g/mol. The molecule has 1 fully saturated rings. The van der Waals surface area contributed by atoms with Gasteiger partial charge in [0.05, 0.1) is 11.1 Å². The molecule has 0 bridgehead atoms. The van der Waals surface area contributed by atoms with Crippen LogP contribution in [-0.2, 0) is 0 Å². The van der Waals surface area contributed by atoms with Gasteiger partial charge >= 0.3 is 0 Å². The number of rotatable bonds is 4. The summed E-state index contributed by atoms with van der Waals surface area (Å²) in [6.07, 6.45) is 2.84. The Balaban J connectivity index is 2.19. The van der Waals surface area contributed by atoms with Gasteiger partial charge in [0.2, 0.25) is 0 Å². The minimum atomic E-state index is -0.160. The molecule has 0 aromatic heterocycles. The van der Waals surface area contributed by atoms with E-state index in [1.165, 1.54) is 0 Å². The van der Waals surface area contributed by atoms with Crippen molar-refractivity contribution in [1.29, 1.82) is 0 Å². The van der Waals surface area contributed by atoms with E-state index < -0.39 is 0 Å². The normalized spacial score (nSPS) is 22.1. The van der Waals surface area contributed by atoms with Crippen LogP contribution in [-0.4, -0.2) is 40.7 Å². The van der Waals surface area contributed by atoms with Crippen molar-refractivity contribution in [3.8, 4) is 0 Å². The average Bonchev–Trinajstić information content (AvgIpc) is 2.15. The molecule has 0 radical (unpaired) electrons. The summed E-state index contributed by atoms with van der Waals surface area (Å²) >= 11 is 4.84. The zero-order valence-electron chi connectivity index (χ0n) is 8.78. The molecule has 1 aliphatic rings. The second-order valence-electron chi connectivity index (χ2n) is 4.14. The van der Waals surface area contributed by atoms with Crippen LogP contribution in [0.25, 0.3) is 0 Å². The second-order valence-corrected chi connectivity index (χ2v) is 4.66. The molecule has 1 rings (SSSR count). The van der Waals surface area contributed by atoms with Crippen molar-refractivity contribution in [2.24, 2.45) is 11.7 Å². The highest BCUT2D eigenvalue weighted by Crippen LogP contribution is 2.20. The molecule has 0 saturated carbocycles. The summed E-state index contributed by atoms with van der Waals surface area (Å²) in [5.74, 6) is 0.482. The summed E-state index contributed by atoms with van der Waals surface area (Å²) in [5.41, 5.74) is 5.45. The summed E-state index contributed by atoms with van der Waals surface area (Å²) in [4.78, 5) is 2.97. The first-order chi connectivity index (χ1) is 6.59. The van der Waals surface area contributed by atoms with Gasteiger partial charge in [0.15, 0.2) is 0 Å². The maximum atomic E-state index is 9.42. The van der Waals surface area contributed by atoms with Gasteiger partial charge in [-0.2, -0.15) is 0 Å². The van der Waals surface area contributed by atoms with Crippen LogP contribution in [0.5, 0.6) is 0 Å². The average molecular weight is 216 g/mol. The van der Waals surface area contributed by atoms with Gasteiger partial charge in [-0.1, -0.05) is 12.2 Å². The predicted molar refractivity (Wildman–Crippen MR) is 62.2 cm³/mol. The molecule has 82 valence electrons. The Labute approximate surface area is 91.3 Å². The molecular formula is C10H20N2OS. The molecule has 0 aromatic carbocycles. The molecule has 0 spiro atoms. The number of aliphatic hydroxyl groups is 1. The molecule has 1 heterocycles. The fraction of sp³-hybridized carbons (Fsp3) is 0.900. The van der Waals surface area contributed by atoms with Crippen molar-refractivity contribution in [1.82, 2.24) is 4.90 Å². The highest BCUT2D eigenvalue weighted by Gasteiger charge is 2.22. The first kappa shape index (κ1) is 11.9. The fourth-order valence-electron chi connectivity index (χ4n) is 1.93. The summed E-state index contributed by atoms with van der Waals surface area (Å²) in [6.45, 7) is 4.99. The van der Waals surface area contributed by atoms with E-state index in [4.69, 9.17) is 18.0 Å². The second kappa shape index (κ2) is 5.63. The molecular weight excluding hydrogens is 196 g/mol. The number of aliphatic hydroxyl groups excluding tert-OH is 1. The Morgan fingerprint density at radius 1 is 1.57 bits per heavy atom. The van der Waals surface area contributed by atoms with Gasteiger partial charge in [-0.3, -0.25) is 0 Å². The van der Waals surface area contributed by atoms with Gasteiger partial charge in [-0.05, 0) is 38.8 Å². The van der Waals surface area contributed by atoms with Crippen LogP contribution in [0.3, 0.4) is 0 Å². The predicted octanol–water partition coefficient (Wildman–Crippen LogP) is 0.755. The van der Waals surface area contributed by atoms with Crippen molar-refractivity contribution >= 4 is 17.2 Å². The van der Waals surface area contributed by atoms with Gasteiger partial charge in [0.1, 0.15) is 0 Å². The Morgan fingerprint density at radius 2 is 2.14 bits per heavy atom. The van der Waals surface area contributed by atoms with E-state index in [2.05, 4.69) is 4.90 Å². The van der Waals surface area contributed by atoms with E-state index in [9.17, 15) is 5.11 Å². The summed E-state index contributed by atoms with van der Waals surface area (Å²) in [6, 6.07) is 0. The zero-order valence-corrected chi connectivity index (χ0v) is 9.59. The van der Waals surface area contributed by atoms with E-state index in [0.29, 0.717) is 10.9 Å². The molecule has 14 heavy (non-hydrogen) atoms. The number of nitrogens with two attached hydrogens (primary N) is 1. The van der Waals surface area contributed by atoms with Crippen LogP contribution in [0.4, 0.5) is 0 Å². The first-order valence-corrected chi connectivity index (χ1v) is 5.69. The first-order valence-electron chi connectivity index (χ1n) is 5.28. The van der Waals surface area contributed by atoms with Crippen molar-refractivity contribution < 1.29 is 5.11 Å². The van der Waals surface area contributed by atoms with Crippen molar-refractivity contribution in [2.75, 3.05) is 19.6 Å². The summed E-state index contributed by atoms with van der Waals surface area (Å²) < 4.78 is 0. The lowest BCUT2D eigenvalue weighted by Gasteiger charge is -2.33. The minimum Gasteiger partial charge on any atom is -0.393 e. The lowest BCUT2D eigenvalue weighted by molar-refractivity contribution is 0.0728. The van der Waals surface area contributed by atoms with Crippen molar-refractivity contribution in [2.45, 2.75) is 32.3 Å². The van der Waals surface area contributed by atoms with E-state index in [0.717, 1.165) is 38.9 Å². The van der Waals surface area contributed by atoms with E-state index in [1.807, 2.05) is 6.92 Å². The maximum absolute atomic E-state index is 9.42. The number of thiocarbonyl (C=S) groups is 1. The Kier molecular flexibility index (Phi) is 4.78. The standard InChI is InChI=1S/C10H20N2OS/c1-8(13)9-2-5-12(6-3-9)7-4-10(11)14/h8-9,13H,2-7H2,1H3,(H2,11,14). The highest BCUT2D eigenvalue weighted by molar-refractivity contribution is 7.80. The van der Waals surface area contributed by atoms with Crippen LogP contribution in [0.2, 0.25) is 0 Å². The van der Waals surface area contributed by atoms with Crippen LogP contribution < -0.4 is 5.73 Å². The number of hydrogen-bond donors (Lipinski definition) is 2. The van der Waals surface area contributed by atoms with E-state index in [-0.39, 0.29) is 6.10 Å². The van der Waals surface area contributed by atoms with Gasteiger partial charge in [-0.15, -0.1) is 0 Å². The molecule has 1 unspecified atom stereocenters. The zero-order chi connectivity index (χ0) is 10.6. The molecule has 1 aliphatic heterocycles. The molecule has 4 heteroatoms. The molecule has 3 N–H and O–H groups in total. The maximum Gasteiger partial charge on any atom is 0.0740 e. The lowest BCUT2D eigenvalue weighted by Crippen LogP contribution is -2.38. The molecule has 1 atom stereocenters. The third-order valence-corrected chi connectivity index (χ3v) is 3.19. The van der Waals surface area contributed by atoms with Gasteiger partial charge < -0.3 is 15.7 Å². The molecule has 0 amide bonds. The van der Waals surface area contributed by atoms with Gasteiger partial charge in [0.25, 0.3) is 0 Å². The third-order valence-electron chi connectivity index (χ3n) is 2.99. The topological polar surface area (TPSA) is 49.5 Å². The minimum absolute atomic E-state index is 0.160. The Morgan fingerprint density at radius 3 is 2.57 bits per heavy atom. The molecule has 3 nitrogen and oxygen atoms in total. The van der Waals surface area contributed by atoms with Crippen LogP contribution in [0.15, 0.2) is 0 Å². The fourth-order valence-corrected chi connectivity index (χ4v) is 2.02. The van der Waals surface area contributed by atoms with Gasteiger partial charge in [-0.25, -0.2) is 0 Å². The van der Waals surface area contributed by atoms with Crippen molar-refractivity contribution in [3.63, 3.8) is 0 Å². The van der Waals surface area contributed by atoms with E-state index >= 15 is 0 Å². The molecule has 0 aromatic rings. The van der Waals surface area contributed by atoms with Crippen LogP contribution in [0, 0.1) is 5.92 Å². The van der Waals surface area contributed by atoms with Crippen molar-refractivity contribution in [3.05, 3.63) is 0 Å². The number of piperidine rings is 1. The SMILES string of the molecule is CC(O)C1CCN(CCC(N)=S)CC1. The van der Waals surface area contributed by atoms with Crippen LogP contribution >= 0.6 is 12.2 Å². The quantitative estimate of drug-likeness (QED) is 0.681. The summed E-state index contributed by atoms with van der Waals surface area (Å²) in [5, 5.41) is 9.42. The Hall–Kier alpha value is -0.190. The number of hydrogen-bond acceptors (Lipinski definition) is 3. The lowest BCUT2D eigenvalue weighted by atomic mass is 9.92. The molecule has 0 aliphatic carbocycles. The smallest absolute Gasteiger partial charge is 0.0740 e. The number of nitrogens with zero attached hydrogens (tertiary/aromatic N) is 1. The number of likely N-dealkylation sites (tertiary alicyclic amines) is 1. The van der Waals surface area contributed by atoms with Gasteiger partial charge in [0, 0.05) is 13.0 Å². The Bertz CT molecular complexity index is 189. The largest absolute Gasteiger partial charge is 0.393 e. The molecule has 1 saturated heterocycles. The third kappa shape index (κ3) is 3.90. The van der Waals surface area contributed by atoms with Crippen LogP contribution in [0.1, 0.15) is 26.2 Å². The summed E-state index contributed by atoms with van der Waals surface area (Å²) in [7, 11) is 0. The van der Waals surface area contributed by atoms with E-state index in [1.54, 1.807) is 0 Å².